The molecule has 4 heterocycles. The second-order valence-electron chi connectivity index (χ2n) is 7.62. The van der Waals surface area contributed by atoms with Gasteiger partial charge in [-0.1, -0.05) is 13.8 Å². The highest BCUT2D eigenvalue weighted by atomic mass is 16.5. The SMILES string of the molecule is CCCN1C(=O)C2N[C@@H](C3CC4CCC3O4)NC2N(CCC)C1O. The summed E-state index contributed by atoms with van der Waals surface area (Å²) in [6, 6.07) is -0.282. The number of carbonyl (C=O) groups excluding carboxylic acids is 1. The van der Waals surface area contributed by atoms with Gasteiger partial charge in [-0.05, 0) is 32.1 Å². The van der Waals surface area contributed by atoms with Crippen LogP contribution in [-0.4, -0.2) is 70.8 Å². The average molecular weight is 338 g/mol. The number of hydrogen-bond acceptors (Lipinski definition) is 6. The number of aliphatic hydroxyl groups excluding tert-OH is 1. The molecule has 0 spiro atoms. The first-order chi connectivity index (χ1) is 11.6. The van der Waals surface area contributed by atoms with E-state index in [1.807, 2.05) is 11.8 Å². The van der Waals surface area contributed by atoms with Crippen molar-refractivity contribution in [1.82, 2.24) is 20.4 Å². The largest absolute Gasteiger partial charge is 0.375 e. The van der Waals surface area contributed by atoms with Crippen LogP contribution in [0.25, 0.3) is 0 Å². The average Bonchev–Trinajstić information content (AvgIpc) is 3.29. The number of hydrogen-bond donors (Lipinski definition) is 3. The molecule has 3 N–H and O–H groups in total. The Morgan fingerprint density at radius 1 is 1.21 bits per heavy atom. The van der Waals surface area contributed by atoms with Crippen molar-refractivity contribution in [1.29, 1.82) is 0 Å². The normalized spacial score (nSPS) is 45.2. The molecule has 0 aromatic carbocycles. The van der Waals surface area contributed by atoms with Gasteiger partial charge in [0, 0.05) is 19.0 Å². The summed E-state index contributed by atoms with van der Waals surface area (Å²) in [7, 11) is 0. The molecule has 0 aromatic heterocycles. The Kier molecular flexibility index (Phi) is 4.55. The second kappa shape index (κ2) is 6.53. The van der Waals surface area contributed by atoms with Crippen molar-refractivity contribution in [3.05, 3.63) is 0 Å². The van der Waals surface area contributed by atoms with Gasteiger partial charge in [-0.2, -0.15) is 0 Å². The number of carbonyl (C=O) groups is 1. The molecule has 7 atom stereocenters. The van der Waals surface area contributed by atoms with E-state index in [1.165, 1.54) is 6.42 Å². The van der Waals surface area contributed by atoms with Gasteiger partial charge < -0.3 is 14.7 Å². The highest BCUT2D eigenvalue weighted by molar-refractivity contribution is 5.84. The van der Waals surface area contributed by atoms with Crippen molar-refractivity contribution in [3.63, 3.8) is 0 Å². The minimum absolute atomic E-state index is 0.0146. The molecule has 136 valence electrons. The van der Waals surface area contributed by atoms with E-state index in [0.29, 0.717) is 24.7 Å². The van der Waals surface area contributed by atoms with E-state index >= 15 is 0 Å². The molecule has 4 aliphatic heterocycles. The Labute approximate surface area is 143 Å². The third-order valence-electron chi connectivity index (χ3n) is 6.03. The molecule has 24 heavy (non-hydrogen) atoms. The zero-order valence-corrected chi connectivity index (χ0v) is 14.6. The van der Waals surface area contributed by atoms with Gasteiger partial charge in [0.05, 0.1) is 24.5 Å². The predicted molar refractivity (Wildman–Crippen MR) is 88.6 cm³/mol. The minimum atomic E-state index is -0.831. The van der Waals surface area contributed by atoms with Crippen molar-refractivity contribution in [2.75, 3.05) is 13.1 Å². The summed E-state index contributed by atoms with van der Waals surface area (Å²) in [6.45, 7) is 5.50. The number of amides is 1. The number of nitrogens with one attached hydrogen (secondary N) is 2. The Bertz CT molecular complexity index is 490. The van der Waals surface area contributed by atoms with Crippen LogP contribution in [0.4, 0.5) is 0 Å². The van der Waals surface area contributed by atoms with Crippen LogP contribution in [0.1, 0.15) is 46.0 Å². The second-order valence-corrected chi connectivity index (χ2v) is 7.62. The van der Waals surface area contributed by atoms with Gasteiger partial charge >= 0.3 is 0 Å². The number of aliphatic hydroxyl groups is 1. The smallest absolute Gasteiger partial charge is 0.245 e. The zero-order valence-electron chi connectivity index (χ0n) is 14.6. The monoisotopic (exact) mass is 338 g/mol. The Morgan fingerprint density at radius 3 is 2.62 bits per heavy atom. The first kappa shape index (κ1) is 16.7. The van der Waals surface area contributed by atoms with Crippen LogP contribution < -0.4 is 10.6 Å². The molecular weight excluding hydrogens is 308 g/mol. The summed E-state index contributed by atoms with van der Waals surface area (Å²) < 4.78 is 5.99. The van der Waals surface area contributed by atoms with E-state index in [2.05, 4.69) is 17.6 Å². The van der Waals surface area contributed by atoms with Crippen molar-refractivity contribution in [3.8, 4) is 0 Å². The van der Waals surface area contributed by atoms with E-state index in [0.717, 1.165) is 32.2 Å². The fourth-order valence-electron chi connectivity index (χ4n) is 4.98. The summed E-state index contributed by atoms with van der Waals surface area (Å²) in [5.74, 6) is 0.433. The maximum absolute atomic E-state index is 12.9. The number of fused-ring (bicyclic) bond motifs is 3. The van der Waals surface area contributed by atoms with Crippen molar-refractivity contribution in [2.45, 2.75) is 82.9 Å². The van der Waals surface area contributed by atoms with Crippen molar-refractivity contribution in [2.24, 2.45) is 5.92 Å². The van der Waals surface area contributed by atoms with Gasteiger partial charge in [-0.15, -0.1) is 0 Å². The van der Waals surface area contributed by atoms with Gasteiger partial charge in [0.1, 0.15) is 6.04 Å². The Morgan fingerprint density at radius 2 is 2.00 bits per heavy atom. The first-order valence-electron chi connectivity index (χ1n) is 9.55. The third kappa shape index (κ3) is 2.57. The van der Waals surface area contributed by atoms with Crippen LogP contribution in [0, 0.1) is 5.92 Å². The topological polar surface area (TPSA) is 77.1 Å². The molecule has 7 nitrogen and oxygen atoms in total. The fraction of sp³-hybridized carbons (Fsp3) is 0.941. The van der Waals surface area contributed by atoms with Gasteiger partial charge in [0.15, 0.2) is 6.35 Å². The molecule has 2 bridgehead atoms. The zero-order chi connectivity index (χ0) is 16.8. The quantitative estimate of drug-likeness (QED) is 0.655. The van der Waals surface area contributed by atoms with Crippen molar-refractivity contribution < 1.29 is 14.6 Å². The summed E-state index contributed by atoms with van der Waals surface area (Å²) >= 11 is 0. The summed E-state index contributed by atoms with van der Waals surface area (Å²) in [5.41, 5.74) is 0. The molecule has 0 aromatic rings. The fourth-order valence-corrected chi connectivity index (χ4v) is 4.98. The lowest BCUT2D eigenvalue weighted by molar-refractivity contribution is -0.185. The van der Waals surface area contributed by atoms with Crippen LogP contribution in [0.2, 0.25) is 0 Å². The first-order valence-corrected chi connectivity index (χ1v) is 9.55. The molecule has 6 unspecified atom stereocenters. The maximum atomic E-state index is 12.9. The molecule has 0 radical (unpaired) electrons. The maximum Gasteiger partial charge on any atom is 0.245 e. The lowest BCUT2D eigenvalue weighted by Crippen LogP contribution is -2.69. The van der Waals surface area contributed by atoms with Gasteiger partial charge in [-0.25, -0.2) is 4.90 Å². The Hall–Kier alpha value is -0.730. The molecule has 4 saturated heterocycles. The predicted octanol–water partition coefficient (Wildman–Crippen LogP) is 0.00760. The van der Waals surface area contributed by atoms with Crippen LogP contribution in [0.5, 0.6) is 0 Å². The lowest BCUT2D eigenvalue weighted by atomic mass is 9.87. The highest BCUT2D eigenvalue weighted by Gasteiger charge is 2.54. The number of nitrogens with zero attached hydrogens (tertiary/aromatic N) is 2. The van der Waals surface area contributed by atoms with E-state index < -0.39 is 6.35 Å². The number of ether oxygens (including phenoxy) is 1. The van der Waals surface area contributed by atoms with Crippen LogP contribution >= 0.6 is 0 Å². The van der Waals surface area contributed by atoms with Crippen LogP contribution in [-0.2, 0) is 9.53 Å². The van der Waals surface area contributed by atoms with E-state index in [1.54, 1.807) is 4.90 Å². The molecule has 4 rings (SSSR count). The van der Waals surface area contributed by atoms with E-state index in [-0.39, 0.29) is 24.3 Å². The standard InChI is InChI=1S/C17H30N4O3/c1-3-7-20-15-13(16(22)21(8-4-2)17(20)23)18-14(19-15)11-9-10-5-6-12(11)24-10/h10-15,17-19,23H,3-9H2,1-2H3/t10?,11?,12?,13?,14-,15?,17?/m1/s1. The van der Waals surface area contributed by atoms with Crippen LogP contribution in [0.15, 0.2) is 0 Å². The molecule has 4 fully saturated rings. The van der Waals surface area contributed by atoms with Crippen LogP contribution in [0.3, 0.4) is 0 Å². The minimum Gasteiger partial charge on any atom is -0.375 e. The molecule has 0 saturated carbocycles. The summed E-state index contributed by atoms with van der Waals surface area (Å²) in [4.78, 5) is 16.5. The Balaban J connectivity index is 1.53. The highest BCUT2D eigenvalue weighted by Crippen LogP contribution is 2.41. The van der Waals surface area contributed by atoms with E-state index in [9.17, 15) is 9.90 Å². The van der Waals surface area contributed by atoms with Crippen molar-refractivity contribution >= 4 is 5.91 Å². The van der Waals surface area contributed by atoms with Gasteiger partial charge in [0.2, 0.25) is 5.91 Å². The number of rotatable bonds is 5. The summed E-state index contributed by atoms with van der Waals surface area (Å²) in [6.07, 6.45) is 4.99. The van der Waals surface area contributed by atoms with E-state index in [4.69, 9.17) is 4.74 Å². The lowest BCUT2D eigenvalue weighted by Gasteiger charge is -2.46. The third-order valence-corrected chi connectivity index (χ3v) is 6.03. The summed E-state index contributed by atoms with van der Waals surface area (Å²) in [5, 5.41) is 17.8. The molecule has 4 aliphatic rings. The molecule has 7 heteroatoms. The molecule has 1 amide bonds. The van der Waals surface area contributed by atoms with Gasteiger partial charge in [-0.3, -0.25) is 15.4 Å². The van der Waals surface area contributed by atoms with Gasteiger partial charge in [0.25, 0.3) is 0 Å². The molecule has 0 aliphatic carbocycles. The molecular formula is C17H30N4O3.